The SMILES string of the molecule is Nc1nc2c(ncn2[C@@H]2O[C@H](COP(=O)(O)OP(=O)(O)OP(=O)(O)O)[C@@H](O)[C@H]2O)c(=O)n1Cc1ccccc1. The smallest absolute Gasteiger partial charge is 0.387 e. The van der Waals surface area contributed by atoms with Crippen LogP contribution in [-0.4, -0.2) is 73.8 Å². The van der Waals surface area contributed by atoms with Crippen molar-refractivity contribution in [3.63, 3.8) is 0 Å². The van der Waals surface area contributed by atoms with Gasteiger partial charge >= 0.3 is 23.5 Å². The summed E-state index contributed by atoms with van der Waals surface area (Å²) in [5.41, 5.74) is 5.92. The number of nitrogens with two attached hydrogens (primary N) is 1. The number of aliphatic hydroxyl groups is 2. The fraction of sp³-hybridized carbons (Fsp3) is 0.353. The van der Waals surface area contributed by atoms with Crippen molar-refractivity contribution in [1.82, 2.24) is 19.1 Å². The molecule has 2 unspecified atom stereocenters. The molecule has 0 amide bonds. The molecule has 3 heterocycles. The number of phosphoric ester groups is 1. The van der Waals surface area contributed by atoms with Crippen LogP contribution >= 0.6 is 23.5 Å². The Morgan fingerprint density at radius 3 is 2.31 bits per heavy atom. The van der Waals surface area contributed by atoms with Gasteiger partial charge in [0.2, 0.25) is 5.95 Å². The van der Waals surface area contributed by atoms with Crippen LogP contribution in [0.5, 0.6) is 0 Å². The fourth-order valence-electron chi connectivity index (χ4n) is 3.69. The van der Waals surface area contributed by atoms with Crippen LogP contribution < -0.4 is 11.3 Å². The maximum absolute atomic E-state index is 13.0. The first kappa shape index (κ1) is 29.6. The lowest BCUT2D eigenvalue weighted by atomic mass is 10.1. The molecule has 1 aliphatic heterocycles. The summed E-state index contributed by atoms with van der Waals surface area (Å²) in [6.45, 7) is -0.921. The number of nitrogens with zero attached hydrogens (tertiary/aromatic N) is 4. The van der Waals surface area contributed by atoms with Crippen molar-refractivity contribution >= 4 is 40.6 Å². The molecule has 1 fully saturated rings. The minimum atomic E-state index is -5.76. The molecule has 19 nitrogen and oxygen atoms in total. The Morgan fingerprint density at radius 1 is 1.00 bits per heavy atom. The van der Waals surface area contributed by atoms with Gasteiger partial charge in [-0.3, -0.25) is 18.5 Å². The van der Waals surface area contributed by atoms with E-state index in [0.29, 0.717) is 0 Å². The standard InChI is InChI=1S/C17H22N5O14P3/c18-17-20-14-11(15(25)21(17)6-9-4-2-1-3-5-9)19-8-22(14)16-13(24)12(23)10(34-16)7-33-38(29,30)36-39(31,32)35-37(26,27)28/h1-5,8,10,12-13,16,23-24H,6-7H2,(H2,18,20)(H,29,30)(H,31,32)(H2,26,27,28)/t10-,12-,13-,16-/m1/s1. The molecular weight excluding hydrogens is 591 g/mol. The number of rotatable bonds is 10. The number of hydrogen-bond donors (Lipinski definition) is 7. The summed E-state index contributed by atoms with van der Waals surface area (Å²) in [7, 11) is -16.9. The number of fused-ring (bicyclic) bond motifs is 1. The minimum absolute atomic E-state index is 0.102. The summed E-state index contributed by atoms with van der Waals surface area (Å²) in [4.78, 5) is 57.2. The molecule has 8 N–H and O–H groups in total. The van der Waals surface area contributed by atoms with Crippen LogP contribution in [0.1, 0.15) is 11.8 Å². The quantitative estimate of drug-likeness (QED) is 0.138. The van der Waals surface area contributed by atoms with Crippen LogP contribution in [0.25, 0.3) is 11.2 Å². The van der Waals surface area contributed by atoms with Gasteiger partial charge in [-0.05, 0) is 5.56 Å². The molecule has 0 aliphatic carbocycles. The van der Waals surface area contributed by atoms with Gasteiger partial charge in [0, 0.05) is 0 Å². The molecule has 22 heteroatoms. The highest BCUT2D eigenvalue weighted by molar-refractivity contribution is 7.66. The average Bonchev–Trinajstić information content (AvgIpc) is 3.34. The molecule has 0 radical (unpaired) electrons. The summed E-state index contributed by atoms with van der Waals surface area (Å²) in [5.74, 6) is -0.185. The zero-order valence-electron chi connectivity index (χ0n) is 19.3. The van der Waals surface area contributed by atoms with Crippen LogP contribution in [0.2, 0.25) is 0 Å². The topological polar surface area (TPSA) is 288 Å². The Labute approximate surface area is 217 Å². The van der Waals surface area contributed by atoms with Crippen molar-refractivity contribution in [3.05, 3.63) is 52.6 Å². The first-order chi connectivity index (χ1) is 18.1. The number of imidazole rings is 1. The Morgan fingerprint density at radius 2 is 1.67 bits per heavy atom. The first-order valence-electron chi connectivity index (χ1n) is 10.6. The third kappa shape index (κ3) is 6.87. The number of aromatic nitrogens is 4. The zero-order chi connectivity index (χ0) is 28.8. The Kier molecular flexibility index (Phi) is 8.29. The highest BCUT2D eigenvalue weighted by Crippen LogP contribution is 2.66. The van der Waals surface area contributed by atoms with E-state index < -0.39 is 60.2 Å². The van der Waals surface area contributed by atoms with Gasteiger partial charge in [0.15, 0.2) is 17.4 Å². The third-order valence-corrected chi connectivity index (χ3v) is 9.13. The lowest BCUT2D eigenvalue weighted by molar-refractivity contribution is -0.0503. The second-order valence-electron chi connectivity index (χ2n) is 8.10. The van der Waals surface area contributed by atoms with E-state index in [9.17, 15) is 38.5 Å². The maximum atomic E-state index is 13.0. The van der Waals surface area contributed by atoms with Crippen LogP contribution in [0.15, 0.2) is 41.5 Å². The molecule has 0 spiro atoms. The second kappa shape index (κ2) is 10.9. The molecule has 1 saturated heterocycles. The predicted molar refractivity (Wildman–Crippen MR) is 127 cm³/mol. The van der Waals surface area contributed by atoms with Crippen molar-refractivity contribution in [1.29, 1.82) is 0 Å². The molecule has 6 atom stereocenters. The predicted octanol–water partition coefficient (Wildman–Crippen LogP) is -0.814. The number of nitrogen functional groups attached to an aromatic ring is 1. The molecule has 1 aliphatic rings. The van der Waals surface area contributed by atoms with E-state index in [1.54, 1.807) is 30.3 Å². The summed E-state index contributed by atoms with van der Waals surface area (Å²) >= 11 is 0. The molecule has 2 aromatic heterocycles. The summed E-state index contributed by atoms with van der Waals surface area (Å²) in [5, 5.41) is 20.9. The third-order valence-electron chi connectivity index (χ3n) is 5.33. The molecular formula is C17H22N5O14P3. The second-order valence-corrected chi connectivity index (χ2v) is 12.5. The molecule has 0 bridgehead atoms. The summed E-state index contributed by atoms with van der Waals surface area (Å²) < 4.78 is 53.5. The average molecular weight is 613 g/mol. The number of hydrogen-bond acceptors (Lipinski definition) is 13. The van der Waals surface area contributed by atoms with Crippen LogP contribution in [0.3, 0.4) is 0 Å². The van der Waals surface area contributed by atoms with E-state index in [-0.39, 0.29) is 23.7 Å². The van der Waals surface area contributed by atoms with Crippen molar-refractivity contribution in [2.75, 3.05) is 12.3 Å². The normalized spacial score (nSPS) is 25.0. The van der Waals surface area contributed by atoms with E-state index in [0.717, 1.165) is 16.5 Å². The monoisotopic (exact) mass is 613 g/mol. The van der Waals surface area contributed by atoms with Gasteiger partial charge in [-0.1, -0.05) is 30.3 Å². The minimum Gasteiger partial charge on any atom is -0.387 e. The van der Waals surface area contributed by atoms with Gasteiger partial charge in [0.25, 0.3) is 5.56 Å². The van der Waals surface area contributed by atoms with E-state index in [2.05, 4.69) is 23.1 Å². The number of anilines is 1. The highest BCUT2D eigenvalue weighted by Gasteiger charge is 2.47. The zero-order valence-corrected chi connectivity index (χ0v) is 22.0. The highest BCUT2D eigenvalue weighted by atomic mass is 31.3. The number of benzene rings is 1. The number of aliphatic hydroxyl groups excluding tert-OH is 2. The van der Waals surface area contributed by atoms with Gasteiger partial charge in [-0.25, -0.2) is 18.7 Å². The van der Waals surface area contributed by atoms with Gasteiger partial charge in [-0.15, -0.1) is 0 Å². The molecule has 3 aromatic rings. The number of phosphoric acid groups is 3. The molecule has 1 aromatic carbocycles. The molecule has 214 valence electrons. The lowest BCUT2D eigenvalue weighted by Crippen LogP contribution is -2.33. The van der Waals surface area contributed by atoms with Gasteiger partial charge < -0.3 is 40.3 Å². The van der Waals surface area contributed by atoms with Crippen molar-refractivity contribution in [3.8, 4) is 0 Å². The fourth-order valence-corrected chi connectivity index (χ4v) is 6.72. The lowest BCUT2D eigenvalue weighted by Gasteiger charge is -2.19. The van der Waals surface area contributed by atoms with E-state index in [1.807, 2.05) is 0 Å². The molecule has 39 heavy (non-hydrogen) atoms. The summed E-state index contributed by atoms with van der Waals surface area (Å²) in [6, 6.07) is 8.92. The van der Waals surface area contributed by atoms with E-state index in [4.69, 9.17) is 20.3 Å². The first-order valence-corrected chi connectivity index (χ1v) is 15.2. The summed E-state index contributed by atoms with van der Waals surface area (Å²) in [6.07, 6.45) is -5.39. The number of ether oxygens (including phenoxy) is 1. The van der Waals surface area contributed by atoms with Gasteiger partial charge in [0.1, 0.15) is 18.3 Å². The van der Waals surface area contributed by atoms with Crippen molar-refractivity contribution < 1.29 is 61.4 Å². The van der Waals surface area contributed by atoms with Crippen LogP contribution in [0.4, 0.5) is 5.95 Å². The maximum Gasteiger partial charge on any atom is 0.490 e. The van der Waals surface area contributed by atoms with Crippen LogP contribution in [0, 0.1) is 0 Å². The Hall–Kier alpha value is -2.34. The molecule has 4 rings (SSSR count). The van der Waals surface area contributed by atoms with E-state index >= 15 is 0 Å². The van der Waals surface area contributed by atoms with Crippen LogP contribution in [-0.2, 0) is 38.1 Å². The van der Waals surface area contributed by atoms with E-state index in [1.165, 1.54) is 4.57 Å². The van der Waals surface area contributed by atoms with Crippen molar-refractivity contribution in [2.45, 2.75) is 31.1 Å². The van der Waals surface area contributed by atoms with Gasteiger partial charge in [-0.2, -0.15) is 13.6 Å². The Bertz CT molecular complexity index is 1560. The van der Waals surface area contributed by atoms with Crippen molar-refractivity contribution in [2.24, 2.45) is 0 Å². The van der Waals surface area contributed by atoms with Gasteiger partial charge in [0.05, 0.1) is 19.5 Å². The molecule has 0 saturated carbocycles. The largest absolute Gasteiger partial charge is 0.490 e. The Balaban J connectivity index is 1.51.